The molecular formula is C15H16. The van der Waals surface area contributed by atoms with Gasteiger partial charge in [-0.3, -0.25) is 0 Å². The summed E-state index contributed by atoms with van der Waals surface area (Å²) in [7, 11) is 0. The molecule has 0 radical (unpaired) electrons. The van der Waals surface area contributed by atoms with Gasteiger partial charge in [0.15, 0.2) is 0 Å². The van der Waals surface area contributed by atoms with Gasteiger partial charge in [-0.05, 0) is 48.1 Å². The van der Waals surface area contributed by atoms with E-state index in [0.29, 0.717) is 0 Å². The van der Waals surface area contributed by atoms with Gasteiger partial charge in [0, 0.05) is 0 Å². The van der Waals surface area contributed by atoms with Gasteiger partial charge in [-0.15, -0.1) is 0 Å². The molecule has 0 aromatic heterocycles. The summed E-state index contributed by atoms with van der Waals surface area (Å²) in [6, 6.07) is 8.53. The Balaban J connectivity index is 2.60. The summed E-state index contributed by atoms with van der Waals surface area (Å²) in [4.78, 5) is 0. The standard InChI is InChI=1S/C15H16/c1-4-12-10-13-8-6-7-9-15(13)11(3)14(12)5-2/h4-9H,3,10H2,1-2H3/b12-4-,14-5-. The summed E-state index contributed by atoms with van der Waals surface area (Å²) in [5, 5.41) is 0. The van der Waals surface area contributed by atoms with Crippen LogP contribution < -0.4 is 0 Å². The Morgan fingerprint density at radius 2 is 1.87 bits per heavy atom. The van der Waals surface area contributed by atoms with Crippen LogP contribution >= 0.6 is 0 Å². The highest BCUT2D eigenvalue weighted by Gasteiger charge is 2.18. The third-order valence-electron chi connectivity index (χ3n) is 3.03. The average Bonchev–Trinajstić information content (AvgIpc) is 2.29. The van der Waals surface area contributed by atoms with E-state index in [0.717, 1.165) is 12.0 Å². The van der Waals surface area contributed by atoms with Crippen LogP contribution in [0.25, 0.3) is 5.57 Å². The minimum Gasteiger partial charge on any atom is -0.0905 e. The topological polar surface area (TPSA) is 0 Å². The second-order valence-electron chi connectivity index (χ2n) is 3.83. The van der Waals surface area contributed by atoms with E-state index in [9.17, 15) is 0 Å². The molecule has 0 nitrogen and oxygen atoms in total. The number of hydrogen-bond acceptors (Lipinski definition) is 0. The summed E-state index contributed by atoms with van der Waals surface area (Å²) < 4.78 is 0. The molecule has 0 spiro atoms. The molecule has 1 aliphatic carbocycles. The molecule has 1 aromatic carbocycles. The first kappa shape index (κ1) is 9.97. The monoisotopic (exact) mass is 196 g/mol. The maximum Gasteiger partial charge on any atom is -0.00168 e. The van der Waals surface area contributed by atoms with E-state index in [1.54, 1.807) is 0 Å². The van der Waals surface area contributed by atoms with Crippen molar-refractivity contribution in [3.8, 4) is 0 Å². The molecule has 0 unspecified atom stereocenters. The summed E-state index contributed by atoms with van der Waals surface area (Å²) >= 11 is 0. The Kier molecular flexibility index (Phi) is 2.59. The molecule has 0 heterocycles. The molecule has 15 heavy (non-hydrogen) atoms. The zero-order valence-corrected chi connectivity index (χ0v) is 9.38. The van der Waals surface area contributed by atoms with E-state index in [2.05, 4.69) is 56.8 Å². The van der Waals surface area contributed by atoms with Crippen molar-refractivity contribution in [2.45, 2.75) is 20.3 Å². The van der Waals surface area contributed by atoms with E-state index in [4.69, 9.17) is 0 Å². The Hall–Kier alpha value is -1.56. The molecule has 2 rings (SSSR count). The van der Waals surface area contributed by atoms with Crippen LogP contribution in [0, 0.1) is 0 Å². The molecule has 0 saturated heterocycles. The summed E-state index contributed by atoms with van der Waals surface area (Å²) in [6.07, 6.45) is 5.38. The van der Waals surface area contributed by atoms with E-state index >= 15 is 0 Å². The molecule has 1 aliphatic rings. The van der Waals surface area contributed by atoms with Crippen molar-refractivity contribution >= 4 is 5.57 Å². The third kappa shape index (κ3) is 1.56. The van der Waals surface area contributed by atoms with Gasteiger partial charge in [0.1, 0.15) is 0 Å². The highest BCUT2D eigenvalue weighted by molar-refractivity contribution is 5.86. The van der Waals surface area contributed by atoms with Gasteiger partial charge in [-0.2, -0.15) is 0 Å². The first-order chi connectivity index (χ1) is 7.27. The largest absolute Gasteiger partial charge is 0.0905 e. The normalized spacial score (nSPS) is 20.8. The summed E-state index contributed by atoms with van der Waals surface area (Å²) in [6.45, 7) is 8.38. The molecule has 76 valence electrons. The number of allylic oxidation sites excluding steroid dienone is 5. The van der Waals surface area contributed by atoms with Gasteiger partial charge in [0.2, 0.25) is 0 Å². The van der Waals surface area contributed by atoms with Crippen molar-refractivity contribution in [1.82, 2.24) is 0 Å². The number of fused-ring (bicyclic) bond motifs is 1. The molecule has 0 amide bonds. The first-order valence-corrected chi connectivity index (χ1v) is 5.37. The van der Waals surface area contributed by atoms with Crippen molar-refractivity contribution in [2.24, 2.45) is 0 Å². The van der Waals surface area contributed by atoms with Crippen molar-refractivity contribution in [3.63, 3.8) is 0 Å². The van der Waals surface area contributed by atoms with Crippen LogP contribution in [0.2, 0.25) is 0 Å². The lowest BCUT2D eigenvalue weighted by Crippen LogP contribution is -2.07. The SMILES string of the molecule is C=C1C(=C/C)/C(=C\C)Cc2ccccc21. The van der Waals surface area contributed by atoms with Gasteiger partial charge in [0.05, 0.1) is 0 Å². The first-order valence-electron chi connectivity index (χ1n) is 5.37. The zero-order valence-electron chi connectivity index (χ0n) is 9.38. The van der Waals surface area contributed by atoms with Gasteiger partial charge < -0.3 is 0 Å². The van der Waals surface area contributed by atoms with Gasteiger partial charge in [-0.25, -0.2) is 0 Å². The lowest BCUT2D eigenvalue weighted by atomic mass is 9.81. The Bertz CT molecular complexity index is 459. The van der Waals surface area contributed by atoms with Crippen molar-refractivity contribution in [2.75, 3.05) is 0 Å². The lowest BCUT2D eigenvalue weighted by Gasteiger charge is -2.23. The van der Waals surface area contributed by atoms with Gasteiger partial charge in [-0.1, -0.05) is 43.0 Å². The Labute approximate surface area is 91.6 Å². The van der Waals surface area contributed by atoms with Gasteiger partial charge in [0.25, 0.3) is 0 Å². The highest BCUT2D eigenvalue weighted by atomic mass is 14.2. The Morgan fingerprint density at radius 3 is 2.53 bits per heavy atom. The molecule has 0 fully saturated rings. The average molecular weight is 196 g/mol. The molecule has 0 bridgehead atoms. The molecular weight excluding hydrogens is 180 g/mol. The number of hydrogen-bond donors (Lipinski definition) is 0. The minimum atomic E-state index is 1.03. The second kappa shape index (κ2) is 3.90. The van der Waals surface area contributed by atoms with Crippen LogP contribution in [0.3, 0.4) is 0 Å². The molecule has 0 aliphatic heterocycles. The maximum atomic E-state index is 4.20. The lowest BCUT2D eigenvalue weighted by molar-refractivity contribution is 1.12. The third-order valence-corrected chi connectivity index (χ3v) is 3.03. The smallest absolute Gasteiger partial charge is 0.00168 e. The fraction of sp³-hybridized carbons (Fsp3) is 0.200. The molecule has 0 saturated carbocycles. The van der Waals surface area contributed by atoms with E-state index in [-0.39, 0.29) is 0 Å². The maximum absolute atomic E-state index is 4.20. The minimum absolute atomic E-state index is 1.03. The van der Waals surface area contributed by atoms with E-state index in [1.165, 1.54) is 22.3 Å². The van der Waals surface area contributed by atoms with Crippen LogP contribution in [0.15, 0.2) is 54.1 Å². The number of rotatable bonds is 0. The molecule has 0 atom stereocenters. The Morgan fingerprint density at radius 1 is 1.13 bits per heavy atom. The van der Waals surface area contributed by atoms with Crippen molar-refractivity contribution < 1.29 is 0 Å². The fourth-order valence-corrected chi connectivity index (χ4v) is 2.23. The summed E-state index contributed by atoms with van der Waals surface area (Å²) in [5.41, 5.74) is 6.54. The predicted octanol–water partition coefficient (Wildman–Crippen LogP) is 4.15. The number of benzene rings is 1. The van der Waals surface area contributed by atoms with Crippen LogP contribution in [0.1, 0.15) is 25.0 Å². The van der Waals surface area contributed by atoms with Crippen LogP contribution in [0.4, 0.5) is 0 Å². The fourth-order valence-electron chi connectivity index (χ4n) is 2.23. The van der Waals surface area contributed by atoms with Crippen molar-refractivity contribution in [1.29, 1.82) is 0 Å². The molecule has 0 heteroatoms. The van der Waals surface area contributed by atoms with Gasteiger partial charge >= 0.3 is 0 Å². The second-order valence-corrected chi connectivity index (χ2v) is 3.83. The predicted molar refractivity (Wildman–Crippen MR) is 66.7 cm³/mol. The molecule has 1 aromatic rings. The quantitative estimate of drug-likeness (QED) is 0.584. The van der Waals surface area contributed by atoms with Crippen LogP contribution in [-0.4, -0.2) is 0 Å². The highest BCUT2D eigenvalue weighted by Crippen LogP contribution is 2.36. The molecule has 0 N–H and O–H groups in total. The van der Waals surface area contributed by atoms with Crippen LogP contribution in [-0.2, 0) is 6.42 Å². The zero-order chi connectivity index (χ0) is 10.8. The van der Waals surface area contributed by atoms with Crippen LogP contribution in [0.5, 0.6) is 0 Å². The van der Waals surface area contributed by atoms with Crippen molar-refractivity contribution in [3.05, 3.63) is 65.3 Å². The van der Waals surface area contributed by atoms with E-state index in [1.807, 2.05) is 0 Å². The summed E-state index contributed by atoms with van der Waals surface area (Å²) in [5.74, 6) is 0. The van der Waals surface area contributed by atoms with E-state index < -0.39 is 0 Å².